The average molecular weight is 220 g/mol. The Morgan fingerprint density at radius 1 is 1.19 bits per heavy atom. The van der Waals surface area contributed by atoms with E-state index in [0.29, 0.717) is 6.54 Å². The normalized spacial score (nSPS) is 10.9. The van der Waals surface area contributed by atoms with Crippen LogP contribution in [0.2, 0.25) is 0 Å². The van der Waals surface area contributed by atoms with Gasteiger partial charge in [0.15, 0.2) is 0 Å². The van der Waals surface area contributed by atoms with E-state index in [0.717, 1.165) is 12.4 Å². The average Bonchev–Trinajstić information content (AvgIpc) is 2.80. The van der Waals surface area contributed by atoms with Gasteiger partial charge in [-0.15, -0.1) is 0 Å². The molecule has 0 amide bonds. The van der Waals surface area contributed by atoms with Crippen LogP contribution in [0.4, 0.5) is 0 Å². The third kappa shape index (κ3) is 2.11. The Balaban J connectivity index is 1.89. The number of nitrogens with zero attached hydrogens (tertiary/aromatic N) is 5. The van der Waals surface area contributed by atoms with Crippen LogP contribution in [-0.2, 0) is 27.2 Å². The van der Waals surface area contributed by atoms with Crippen LogP contribution in [0, 0.1) is 6.92 Å². The van der Waals surface area contributed by atoms with Crippen molar-refractivity contribution in [3.8, 4) is 0 Å². The van der Waals surface area contributed by atoms with Crippen LogP contribution in [-0.4, -0.2) is 24.5 Å². The van der Waals surface area contributed by atoms with Gasteiger partial charge in [0.1, 0.15) is 12.2 Å². The van der Waals surface area contributed by atoms with Gasteiger partial charge in [-0.1, -0.05) is 0 Å². The summed E-state index contributed by atoms with van der Waals surface area (Å²) in [5.74, 6) is 0.932. The fraction of sp³-hybridized carbons (Fsp3) is 0.500. The number of hydrogen-bond donors (Lipinski definition) is 1. The number of hydrogen-bond acceptors (Lipinski definition) is 4. The molecule has 0 unspecified atom stereocenters. The molecule has 0 aliphatic heterocycles. The Morgan fingerprint density at radius 2 is 2.00 bits per heavy atom. The van der Waals surface area contributed by atoms with Crippen molar-refractivity contribution >= 4 is 0 Å². The lowest BCUT2D eigenvalue weighted by Crippen LogP contribution is -2.16. The molecule has 0 aromatic carbocycles. The van der Waals surface area contributed by atoms with Crippen molar-refractivity contribution in [1.29, 1.82) is 0 Å². The van der Waals surface area contributed by atoms with Crippen molar-refractivity contribution in [1.82, 2.24) is 29.9 Å². The summed E-state index contributed by atoms with van der Waals surface area (Å²) in [6, 6.07) is 0. The van der Waals surface area contributed by atoms with E-state index in [1.165, 1.54) is 11.3 Å². The zero-order chi connectivity index (χ0) is 11.5. The second kappa shape index (κ2) is 4.44. The van der Waals surface area contributed by atoms with Gasteiger partial charge in [-0.2, -0.15) is 10.2 Å². The van der Waals surface area contributed by atoms with Crippen molar-refractivity contribution in [2.24, 2.45) is 14.1 Å². The summed E-state index contributed by atoms with van der Waals surface area (Å²) in [5.41, 5.74) is 2.40. The molecule has 2 aromatic heterocycles. The molecule has 0 spiro atoms. The number of aromatic nitrogens is 5. The quantitative estimate of drug-likeness (QED) is 0.796. The summed E-state index contributed by atoms with van der Waals surface area (Å²) in [6.45, 7) is 3.57. The molecule has 6 nitrogen and oxygen atoms in total. The van der Waals surface area contributed by atoms with Crippen LogP contribution in [0.1, 0.15) is 17.1 Å². The maximum Gasteiger partial charge on any atom is 0.140 e. The highest BCUT2D eigenvalue weighted by Gasteiger charge is 2.04. The maximum atomic E-state index is 4.19. The van der Waals surface area contributed by atoms with E-state index >= 15 is 0 Å². The van der Waals surface area contributed by atoms with Crippen LogP contribution < -0.4 is 5.32 Å². The summed E-state index contributed by atoms with van der Waals surface area (Å²) in [7, 11) is 3.83. The van der Waals surface area contributed by atoms with Crippen LogP contribution in [0.3, 0.4) is 0 Å². The van der Waals surface area contributed by atoms with E-state index in [-0.39, 0.29) is 0 Å². The number of rotatable bonds is 4. The van der Waals surface area contributed by atoms with E-state index in [9.17, 15) is 0 Å². The molecule has 86 valence electrons. The van der Waals surface area contributed by atoms with E-state index in [1.54, 1.807) is 11.0 Å². The summed E-state index contributed by atoms with van der Waals surface area (Å²) in [6.07, 6.45) is 3.45. The second-order valence-electron chi connectivity index (χ2n) is 3.78. The Morgan fingerprint density at radius 3 is 2.56 bits per heavy atom. The minimum absolute atomic E-state index is 0.713. The van der Waals surface area contributed by atoms with Gasteiger partial charge in [0.05, 0.1) is 12.7 Å². The minimum atomic E-state index is 0.713. The van der Waals surface area contributed by atoms with Gasteiger partial charge in [0.25, 0.3) is 0 Å². The van der Waals surface area contributed by atoms with Gasteiger partial charge in [0.2, 0.25) is 0 Å². The maximum absolute atomic E-state index is 4.19. The summed E-state index contributed by atoms with van der Waals surface area (Å²) < 4.78 is 3.64. The lowest BCUT2D eigenvalue weighted by Gasteiger charge is -2.03. The van der Waals surface area contributed by atoms with E-state index < -0.39 is 0 Å². The molecule has 1 N–H and O–H groups in total. The first kappa shape index (κ1) is 10.8. The fourth-order valence-corrected chi connectivity index (χ4v) is 1.51. The predicted octanol–water partition coefficient (Wildman–Crippen LogP) is 0.147. The van der Waals surface area contributed by atoms with Crippen molar-refractivity contribution in [2.75, 3.05) is 0 Å². The van der Waals surface area contributed by atoms with E-state index in [2.05, 4.69) is 27.4 Å². The first-order valence-corrected chi connectivity index (χ1v) is 5.19. The van der Waals surface area contributed by atoms with E-state index in [1.807, 2.05) is 25.0 Å². The van der Waals surface area contributed by atoms with Crippen molar-refractivity contribution < 1.29 is 0 Å². The van der Waals surface area contributed by atoms with Crippen molar-refractivity contribution in [3.05, 3.63) is 29.6 Å². The summed E-state index contributed by atoms with van der Waals surface area (Å²) in [4.78, 5) is 4.14. The smallest absolute Gasteiger partial charge is 0.140 e. The minimum Gasteiger partial charge on any atom is -0.306 e. The zero-order valence-electron chi connectivity index (χ0n) is 9.80. The van der Waals surface area contributed by atoms with E-state index in [4.69, 9.17) is 0 Å². The van der Waals surface area contributed by atoms with Crippen LogP contribution in [0.25, 0.3) is 0 Å². The largest absolute Gasteiger partial charge is 0.306 e. The monoisotopic (exact) mass is 220 g/mol. The standard InChI is InChI=1S/C10H16N6/c1-8-9(5-13-15(8)2)4-11-6-10-12-7-14-16(10)3/h5,7,11H,4,6H2,1-3H3. The second-order valence-corrected chi connectivity index (χ2v) is 3.78. The van der Waals surface area contributed by atoms with Crippen LogP contribution in [0.5, 0.6) is 0 Å². The van der Waals surface area contributed by atoms with Gasteiger partial charge < -0.3 is 5.32 Å². The molecule has 0 saturated heterocycles. The van der Waals surface area contributed by atoms with Gasteiger partial charge in [-0.3, -0.25) is 9.36 Å². The summed E-state index contributed by atoms with van der Waals surface area (Å²) >= 11 is 0. The third-order valence-electron chi connectivity index (χ3n) is 2.74. The Bertz CT molecular complexity index is 469. The molecule has 0 aliphatic carbocycles. The Hall–Kier alpha value is -1.69. The molecule has 2 rings (SSSR count). The lowest BCUT2D eigenvalue weighted by atomic mass is 10.2. The molecular weight excluding hydrogens is 204 g/mol. The van der Waals surface area contributed by atoms with Gasteiger partial charge >= 0.3 is 0 Å². The highest BCUT2D eigenvalue weighted by Crippen LogP contribution is 2.04. The zero-order valence-corrected chi connectivity index (χ0v) is 9.80. The summed E-state index contributed by atoms with van der Waals surface area (Å²) in [5, 5.41) is 11.5. The molecule has 0 saturated carbocycles. The third-order valence-corrected chi connectivity index (χ3v) is 2.74. The molecule has 16 heavy (non-hydrogen) atoms. The molecule has 0 bridgehead atoms. The Labute approximate surface area is 94.3 Å². The molecule has 0 fully saturated rings. The SMILES string of the molecule is Cc1c(CNCc2ncnn2C)cnn1C. The number of nitrogens with one attached hydrogen (secondary N) is 1. The van der Waals surface area contributed by atoms with Crippen LogP contribution in [0.15, 0.2) is 12.5 Å². The van der Waals surface area contributed by atoms with Gasteiger partial charge in [0, 0.05) is 31.9 Å². The number of aryl methyl sites for hydroxylation is 2. The van der Waals surface area contributed by atoms with Gasteiger partial charge in [-0.25, -0.2) is 4.98 Å². The highest BCUT2D eigenvalue weighted by molar-refractivity contribution is 5.15. The van der Waals surface area contributed by atoms with Gasteiger partial charge in [-0.05, 0) is 6.92 Å². The lowest BCUT2D eigenvalue weighted by molar-refractivity contribution is 0.612. The highest BCUT2D eigenvalue weighted by atomic mass is 15.3. The topological polar surface area (TPSA) is 60.6 Å². The molecule has 6 heteroatoms. The molecular formula is C10H16N6. The Kier molecular flexibility index (Phi) is 3.00. The van der Waals surface area contributed by atoms with Crippen molar-refractivity contribution in [2.45, 2.75) is 20.0 Å². The fourth-order valence-electron chi connectivity index (χ4n) is 1.51. The molecule has 0 radical (unpaired) electrons. The first-order valence-electron chi connectivity index (χ1n) is 5.19. The van der Waals surface area contributed by atoms with Crippen molar-refractivity contribution in [3.63, 3.8) is 0 Å². The predicted molar refractivity (Wildman–Crippen MR) is 59.5 cm³/mol. The molecule has 0 aliphatic rings. The van der Waals surface area contributed by atoms with Crippen LogP contribution >= 0.6 is 0 Å². The molecule has 2 heterocycles. The first-order chi connectivity index (χ1) is 7.68. The molecule has 2 aromatic rings. The molecule has 0 atom stereocenters.